The van der Waals surface area contributed by atoms with Crippen molar-refractivity contribution in [3.63, 3.8) is 0 Å². The molecular formula is C26H48NO9P. The topological polar surface area (TPSA) is 150 Å². The maximum atomic E-state index is 12.4. The van der Waals surface area contributed by atoms with E-state index >= 15 is 0 Å². The second-order valence-electron chi connectivity index (χ2n) is 13.7. The van der Waals surface area contributed by atoms with E-state index in [1.807, 2.05) is 13.8 Å². The second-order valence-corrected chi connectivity index (χ2v) is 16.0. The van der Waals surface area contributed by atoms with E-state index in [1.54, 1.807) is 13.8 Å². The van der Waals surface area contributed by atoms with Crippen LogP contribution in [0.25, 0.3) is 0 Å². The van der Waals surface area contributed by atoms with Crippen molar-refractivity contribution < 1.29 is 43.1 Å². The van der Waals surface area contributed by atoms with E-state index in [-0.39, 0.29) is 29.6 Å². The van der Waals surface area contributed by atoms with Gasteiger partial charge in [-0.3, -0.25) is 4.57 Å². The van der Waals surface area contributed by atoms with E-state index in [9.17, 15) is 19.7 Å². The van der Waals surface area contributed by atoms with Crippen molar-refractivity contribution >= 4 is 7.60 Å². The molecule has 6 atom stereocenters. The van der Waals surface area contributed by atoms with E-state index in [2.05, 4.69) is 13.8 Å². The molecule has 5 aliphatic rings. The largest absolute Gasteiger partial charge is 0.394 e. The molecule has 37 heavy (non-hydrogen) atoms. The molecule has 0 aromatic carbocycles. The Morgan fingerprint density at radius 3 is 2.22 bits per heavy atom. The average Bonchev–Trinajstić information content (AvgIpc) is 2.70. The lowest BCUT2D eigenvalue weighted by Gasteiger charge is -2.70. The van der Waals surface area contributed by atoms with Gasteiger partial charge in [0, 0.05) is 12.0 Å². The molecule has 0 aromatic heterocycles. The zero-order valence-corrected chi connectivity index (χ0v) is 24.1. The quantitative estimate of drug-likeness (QED) is 0.252. The molecule has 5 rings (SSSR count). The number of aliphatic hydroxyl groups excluding tert-OH is 2. The van der Waals surface area contributed by atoms with Gasteiger partial charge in [0.25, 0.3) is 0 Å². The SMILES string of the molecule is CC(C)COC12CC(COC3OC(CO)C(O)C(OCC4(C)CC(C)(OP(=O)(O)C(C)C)C4)C3N)(C1)C2. The summed E-state index contributed by atoms with van der Waals surface area (Å²) in [7, 11) is -3.69. The van der Waals surface area contributed by atoms with Crippen LogP contribution in [0.2, 0.25) is 0 Å². The monoisotopic (exact) mass is 549 g/mol. The number of aliphatic hydroxyl groups is 2. The summed E-state index contributed by atoms with van der Waals surface area (Å²) >= 11 is 0. The van der Waals surface area contributed by atoms with Crippen molar-refractivity contribution in [2.75, 3.05) is 26.4 Å². The normalized spacial score (nSPS) is 46.8. The number of rotatable bonds is 13. The van der Waals surface area contributed by atoms with Crippen LogP contribution in [0.15, 0.2) is 0 Å². The Labute approximate surface area is 221 Å². The zero-order chi connectivity index (χ0) is 27.4. The van der Waals surface area contributed by atoms with Crippen molar-refractivity contribution in [1.82, 2.24) is 0 Å². The number of hydrogen-bond donors (Lipinski definition) is 4. The molecule has 0 aromatic rings. The Morgan fingerprint density at radius 2 is 1.68 bits per heavy atom. The third-order valence-electron chi connectivity index (χ3n) is 8.50. The molecule has 216 valence electrons. The number of hydrogen-bond acceptors (Lipinski definition) is 9. The van der Waals surface area contributed by atoms with Gasteiger partial charge in [-0.25, -0.2) is 0 Å². The van der Waals surface area contributed by atoms with Gasteiger partial charge in [-0.1, -0.05) is 34.6 Å². The van der Waals surface area contributed by atoms with Gasteiger partial charge in [0.15, 0.2) is 6.29 Å². The average molecular weight is 550 g/mol. The third-order valence-corrected chi connectivity index (χ3v) is 10.5. The summed E-state index contributed by atoms with van der Waals surface area (Å²) in [5, 5.41) is 20.6. The Balaban J connectivity index is 1.28. The molecule has 1 heterocycles. The van der Waals surface area contributed by atoms with Crippen LogP contribution in [0, 0.1) is 16.7 Å². The van der Waals surface area contributed by atoms with Gasteiger partial charge in [-0.2, -0.15) is 0 Å². The van der Waals surface area contributed by atoms with E-state index in [0.717, 1.165) is 25.9 Å². The van der Waals surface area contributed by atoms with Crippen molar-refractivity contribution in [3.8, 4) is 0 Å². The highest BCUT2D eigenvalue weighted by molar-refractivity contribution is 7.53. The van der Waals surface area contributed by atoms with Crippen LogP contribution in [0.3, 0.4) is 0 Å². The molecule has 5 fully saturated rings. The zero-order valence-electron chi connectivity index (χ0n) is 23.2. The van der Waals surface area contributed by atoms with Gasteiger partial charge in [-0.05, 0) is 50.4 Å². The minimum Gasteiger partial charge on any atom is -0.394 e. The van der Waals surface area contributed by atoms with Crippen LogP contribution in [0.1, 0.15) is 73.6 Å². The Kier molecular flexibility index (Phi) is 8.36. The highest BCUT2D eigenvalue weighted by Crippen LogP contribution is 2.69. The minimum atomic E-state index is -3.69. The lowest BCUT2D eigenvalue weighted by Crippen LogP contribution is -2.71. The van der Waals surface area contributed by atoms with E-state index in [4.69, 9.17) is 29.2 Å². The van der Waals surface area contributed by atoms with E-state index in [0.29, 0.717) is 25.4 Å². The van der Waals surface area contributed by atoms with Crippen molar-refractivity contribution in [1.29, 1.82) is 0 Å². The van der Waals surface area contributed by atoms with Gasteiger partial charge < -0.3 is 44.3 Å². The molecule has 11 heteroatoms. The van der Waals surface area contributed by atoms with Crippen LogP contribution in [0.5, 0.6) is 0 Å². The summed E-state index contributed by atoms with van der Waals surface area (Å²) in [6.07, 6.45) is 0.434. The Hall–Kier alpha value is -0.130. The predicted octanol–water partition coefficient (Wildman–Crippen LogP) is 2.56. The fourth-order valence-electron chi connectivity index (χ4n) is 6.89. The molecule has 10 nitrogen and oxygen atoms in total. The molecule has 4 aliphatic carbocycles. The summed E-state index contributed by atoms with van der Waals surface area (Å²) < 4.78 is 42.2. The maximum Gasteiger partial charge on any atom is 0.331 e. The molecule has 5 N–H and O–H groups in total. The summed E-state index contributed by atoms with van der Waals surface area (Å²) in [6.45, 7) is 12.6. The maximum absolute atomic E-state index is 12.4. The fraction of sp³-hybridized carbons (Fsp3) is 1.00. The summed E-state index contributed by atoms with van der Waals surface area (Å²) in [5.74, 6) is 0.508. The molecule has 4 saturated carbocycles. The molecule has 0 amide bonds. The van der Waals surface area contributed by atoms with Crippen LogP contribution in [-0.2, 0) is 28.0 Å². The molecule has 1 aliphatic heterocycles. The summed E-state index contributed by atoms with van der Waals surface area (Å²) in [6, 6.07) is -0.735. The molecule has 2 bridgehead atoms. The van der Waals surface area contributed by atoms with E-state index < -0.39 is 49.5 Å². The molecule has 0 spiro atoms. The van der Waals surface area contributed by atoms with Crippen molar-refractivity contribution in [2.45, 2.75) is 121 Å². The lowest BCUT2D eigenvalue weighted by molar-refractivity contribution is -0.332. The Morgan fingerprint density at radius 1 is 1.05 bits per heavy atom. The first kappa shape index (κ1) is 29.8. The first-order valence-corrected chi connectivity index (χ1v) is 15.3. The summed E-state index contributed by atoms with van der Waals surface area (Å²) in [4.78, 5) is 10.1. The highest BCUT2D eigenvalue weighted by atomic mass is 31.2. The van der Waals surface area contributed by atoms with Crippen LogP contribution in [-0.4, -0.2) is 89.0 Å². The first-order chi connectivity index (χ1) is 17.0. The highest BCUT2D eigenvalue weighted by Gasteiger charge is 2.69. The van der Waals surface area contributed by atoms with Gasteiger partial charge in [0.05, 0.1) is 42.7 Å². The minimum absolute atomic E-state index is 0.00795. The van der Waals surface area contributed by atoms with Gasteiger partial charge >= 0.3 is 7.60 Å². The van der Waals surface area contributed by atoms with Crippen molar-refractivity contribution in [2.24, 2.45) is 22.5 Å². The van der Waals surface area contributed by atoms with Crippen molar-refractivity contribution in [3.05, 3.63) is 0 Å². The van der Waals surface area contributed by atoms with Gasteiger partial charge in [-0.15, -0.1) is 0 Å². The summed E-state index contributed by atoms with van der Waals surface area (Å²) in [5.41, 5.74) is 5.08. The van der Waals surface area contributed by atoms with E-state index in [1.165, 1.54) is 0 Å². The molecule has 6 unspecified atom stereocenters. The lowest BCUT2D eigenvalue weighted by atomic mass is 9.41. The molecule has 0 radical (unpaired) electrons. The van der Waals surface area contributed by atoms with Crippen LogP contribution in [0.4, 0.5) is 0 Å². The number of nitrogens with two attached hydrogens (primary N) is 1. The third kappa shape index (κ3) is 6.14. The fourth-order valence-corrected chi connectivity index (χ4v) is 7.86. The van der Waals surface area contributed by atoms with Gasteiger partial charge in [0.2, 0.25) is 0 Å². The molecule has 1 saturated heterocycles. The first-order valence-electron chi connectivity index (χ1n) is 13.7. The van der Waals surface area contributed by atoms with Crippen LogP contribution >= 0.6 is 7.60 Å². The predicted molar refractivity (Wildman–Crippen MR) is 137 cm³/mol. The standard InChI is InChI=1S/C26H48NO9P/c1-16(2)8-34-26-11-25(12-26,13-26)15-33-22-19(27)21(20(29)18(7-28)35-22)32-14-23(5)9-24(6,10-23)36-37(30,31)17(3)4/h16-22,28-29H,7-15,27H2,1-6H3,(H,30,31). The molecular weight excluding hydrogens is 501 g/mol. The van der Waals surface area contributed by atoms with Crippen LogP contribution < -0.4 is 5.73 Å². The van der Waals surface area contributed by atoms with Gasteiger partial charge in [0.1, 0.15) is 18.3 Å². The second kappa shape index (κ2) is 10.4. The number of ether oxygens (including phenoxy) is 4. The Bertz CT molecular complexity index is 841. The smallest absolute Gasteiger partial charge is 0.331 e.